The summed E-state index contributed by atoms with van der Waals surface area (Å²) in [5.74, 6) is -0.0825. The third-order valence-corrected chi connectivity index (χ3v) is 4.03. The molecule has 18 heavy (non-hydrogen) atoms. The predicted molar refractivity (Wildman–Crippen MR) is 69.8 cm³/mol. The van der Waals surface area contributed by atoms with Gasteiger partial charge in [0.25, 0.3) is 0 Å². The van der Waals surface area contributed by atoms with Gasteiger partial charge < -0.3 is 9.47 Å². The van der Waals surface area contributed by atoms with Crippen molar-refractivity contribution in [3.63, 3.8) is 0 Å². The summed E-state index contributed by atoms with van der Waals surface area (Å²) in [6.07, 6.45) is 2.10. The van der Waals surface area contributed by atoms with Gasteiger partial charge in [-0.2, -0.15) is 5.10 Å². The Morgan fingerprint density at radius 3 is 2.78 bits per heavy atom. The second kappa shape index (κ2) is 4.81. The summed E-state index contributed by atoms with van der Waals surface area (Å²) in [7, 11) is 0. The van der Waals surface area contributed by atoms with Crippen LogP contribution in [0.15, 0.2) is 20.8 Å². The minimum Gasteiger partial charge on any atom is -0.352 e. The van der Waals surface area contributed by atoms with E-state index in [9.17, 15) is 0 Å². The number of hydrazone groups is 1. The highest BCUT2D eigenvalue weighted by atomic mass is 35.5. The van der Waals surface area contributed by atoms with Gasteiger partial charge in [-0.25, -0.2) is 10.0 Å². The molecule has 3 heterocycles. The molecule has 0 radical (unpaired) electrons. The lowest BCUT2D eigenvalue weighted by atomic mass is 10.1. The SMILES string of the molecule is CC1=C(Cl)N2N=CC(C3OCCCO3)C2N=C1Cl. The molecule has 98 valence electrons. The van der Waals surface area contributed by atoms with Gasteiger partial charge in [0.05, 0.1) is 19.1 Å². The highest BCUT2D eigenvalue weighted by molar-refractivity contribution is 6.70. The van der Waals surface area contributed by atoms with Crippen LogP contribution in [-0.2, 0) is 9.47 Å². The van der Waals surface area contributed by atoms with E-state index in [2.05, 4.69) is 10.1 Å². The van der Waals surface area contributed by atoms with E-state index in [-0.39, 0.29) is 18.4 Å². The monoisotopic (exact) mass is 289 g/mol. The van der Waals surface area contributed by atoms with Crippen molar-refractivity contribution in [3.8, 4) is 0 Å². The normalized spacial score (nSPS) is 32.8. The molecule has 0 N–H and O–H groups in total. The molecule has 0 aromatic heterocycles. The molecule has 0 saturated carbocycles. The van der Waals surface area contributed by atoms with Crippen molar-refractivity contribution in [2.24, 2.45) is 16.0 Å². The molecule has 7 heteroatoms. The Morgan fingerprint density at radius 2 is 2.06 bits per heavy atom. The topological polar surface area (TPSA) is 46.4 Å². The van der Waals surface area contributed by atoms with Crippen LogP contribution < -0.4 is 0 Å². The van der Waals surface area contributed by atoms with Crippen LogP contribution in [-0.4, -0.2) is 42.1 Å². The average molecular weight is 290 g/mol. The summed E-state index contributed by atoms with van der Waals surface area (Å²) in [5.41, 5.74) is 0.734. The van der Waals surface area contributed by atoms with Crippen molar-refractivity contribution in [1.29, 1.82) is 0 Å². The van der Waals surface area contributed by atoms with Gasteiger partial charge in [0.2, 0.25) is 0 Å². The zero-order chi connectivity index (χ0) is 12.7. The molecule has 0 aromatic carbocycles. The Bertz CT molecular complexity index is 444. The molecule has 3 rings (SSSR count). The highest BCUT2D eigenvalue weighted by Crippen LogP contribution is 2.35. The standard InChI is InChI=1S/C11H13Cl2N3O2/c1-6-8(12)15-10-7(5-14-16(10)9(6)13)11-17-3-2-4-18-11/h5,7,10-11H,2-4H2,1H3. The predicted octanol–water partition coefficient (Wildman–Crippen LogP) is 2.11. The number of halogens is 2. The van der Waals surface area contributed by atoms with Crippen LogP contribution in [0.4, 0.5) is 0 Å². The van der Waals surface area contributed by atoms with Crippen molar-refractivity contribution in [1.82, 2.24) is 5.01 Å². The smallest absolute Gasteiger partial charge is 0.169 e. The number of fused-ring (bicyclic) bond motifs is 1. The lowest BCUT2D eigenvalue weighted by molar-refractivity contribution is -0.197. The molecule has 1 fully saturated rings. The number of aliphatic imine (C=N–C) groups is 1. The second-order valence-corrected chi connectivity index (χ2v) is 5.12. The average Bonchev–Trinajstić information content (AvgIpc) is 2.81. The first kappa shape index (κ1) is 12.4. The number of allylic oxidation sites excluding steroid dienone is 1. The van der Waals surface area contributed by atoms with Crippen LogP contribution in [0.25, 0.3) is 0 Å². The van der Waals surface area contributed by atoms with Crippen molar-refractivity contribution < 1.29 is 9.47 Å². The zero-order valence-electron chi connectivity index (χ0n) is 9.84. The molecule has 3 aliphatic rings. The molecule has 3 aliphatic heterocycles. The molecular formula is C11H13Cl2N3O2. The Balaban J connectivity index is 1.84. The largest absolute Gasteiger partial charge is 0.352 e. The van der Waals surface area contributed by atoms with Gasteiger partial charge in [-0.05, 0) is 13.3 Å². The maximum Gasteiger partial charge on any atom is 0.169 e. The summed E-state index contributed by atoms with van der Waals surface area (Å²) in [5, 5.41) is 6.87. The summed E-state index contributed by atoms with van der Waals surface area (Å²) in [6.45, 7) is 3.21. The molecule has 1 saturated heterocycles. The molecule has 0 bridgehead atoms. The van der Waals surface area contributed by atoms with Gasteiger partial charge in [0.15, 0.2) is 12.5 Å². The van der Waals surface area contributed by atoms with Crippen molar-refractivity contribution >= 4 is 34.6 Å². The van der Waals surface area contributed by atoms with E-state index < -0.39 is 0 Å². The van der Waals surface area contributed by atoms with Gasteiger partial charge in [-0.15, -0.1) is 0 Å². The fourth-order valence-electron chi connectivity index (χ4n) is 2.17. The number of nitrogens with zero attached hydrogens (tertiary/aromatic N) is 3. The number of hydrogen-bond donors (Lipinski definition) is 0. The lowest BCUT2D eigenvalue weighted by Gasteiger charge is -2.33. The van der Waals surface area contributed by atoms with Crippen molar-refractivity contribution in [2.75, 3.05) is 13.2 Å². The van der Waals surface area contributed by atoms with E-state index in [4.69, 9.17) is 32.7 Å². The minimum atomic E-state index is -0.325. The van der Waals surface area contributed by atoms with Crippen LogP contribution in [0.1, 0.15) is 13.3 Å². The first-order valence-electron chi connectivity index (χ1n) is 5.85. The van der Waals surface area contributed by atoms with Crippen molar-refractivity contribution in [3.05, 3.63) is 10.7 Å². The molecule has 2 unspecified atom stereocenters. The summed E-state index contributed by atoms with van der Waals surface area (Å²) >= 11 is 12.3. The molecular weight excluding hydrogens is 277 g/mol. The van der Waals surface area contributed by atoms with Crippen LogP contribution in [0, 0.1) is 5.92 Å². The Labute approximate surface area is 115 Å². The number of rotatable bonds is 1. The van der Waals surface area contributed by atoms with Gasteiger partial charge >= 0.3 is 0 Å². The Morgan fingerprint density at radius 1 is 1.33 bits per heavy atom. The van der Waals surface area contributed by atoms with Crippen LogP contribution in [0.3, 0.4) is 0 Å². The molecule has 0 spiro atoms. The third kappa shape index (κ3) is 1.95. The van der Waals surface area contributed by atoms with Gasteiger partial charge in [-0.1, -0.05) is 23.2 Å². The second-order valence-electron chi connectivity index (χ2n) is 4.40. The first-order valence-corrected chi connectivity index (χ1v) is 6.60. The Kier molecular flexibility index (Phi) is 3.32. The first-order chi connectivity index (χ1) is 8.68. The molecule has 2 atom stereocenters. The van der Waals surface area contributed by atoms with Crippen LogP contribution in [0.2, 0.25) is 0 Å². The van der Waals surface area contributed by atoms with Gasteiger partial charge in [0.1, 0.15) is 10.3 Å². The third-order valence-electron chi connectivity index (χ3n) is 3.19. The number of hydrogen-bond acceptors (Lipinski definition) is 5. The fraction of sp³-hybridized carbons (Fsp3) is 0.636. The maximum absolute atomic E-state index is 6.21. The summed E-state index contributed by atoms with van der Waals surface area (Å²) in [4.78, 5) is 4.41. The van der Waals surface area contributed by atoms with Crippen LogP contribution >= 0.6 is 23.2 Å². The summed E-state index contributed by atoms with van der Waals surface area (Å²) < 4.78 is 11.2. The van der Waals surface area contributed by atoms with Crippen LogP contribution in [0.5, 0.6) is 0 Å². The summed E-state index contributed by atoms with van der Waals surface area (Å²) in [6, 6.07) is 0. The number of ether oxygens (including phenoxy) is 2. The van der Waals surface area contributed by atoms with Gasteiger partial charge in [0, 0.05) is 11.8 Å². The molecule has 0 aliphatic carbocycles. The quantitative estimate of drug-likeness (QED) is 0.695. The fourth-order valence-corrected chi connectivity index (χ4v) is 2.64. The van der Waals surface area contributed by atoms with Crippen molar-refractivity contribution in [2.45, 2.75) is 25.8 Å². The molecule has 0 aromatic rings. The Hall–Kier alpha value is -0.620. The van der Waals surface area contributed by atoms with E-state index in [1.807, 2.05) is 6.92 Å². The van der Waals surface area contributed by atoms with E-state index in [1.54, 1.807) is 11.2 Å². The molecule has 5 nitrogen and oxygen atoms in total. The lowest BCUT2D eigenvalue weighted by Crippen LogP contribution is -2.42. The van der Waals surface area contributed by atoms with E-state index in [1.165, 1.54) is 0 Å². The zero-order valence-corrected chi connectivity index (χ0v) is 11.4. The van der Waals surface area contributed by atoms with E-state index in [0.717, 1.165) is 12.0 Å². The van der Waals surface area contributed by atoms with Gasteiger partial charge in [-0.3, -0.25) is 0 Å². The minimum absolute atomic E-state index is 0.0825. The van der Waals surface area contributed by atoms with E-state index >= 15 is 0 Å². The maximum atomic E-state index is 6.21. The molecule has 0 amide bonds. The van der Waals surface area contributed by atoms with E-state index in [0.29, 0.717) is 23.5 Å². The highest BCUT2D eigenvalue weighted by Gasteiger charge is 2.42.